The van der Waals surface area contributed by atoms with Crippen molar-refractivity contribution in [1.82, 2.24) is 15.1 Å². The first kappa shape index (κ1) is 17.3. The predicted octanol–water partition coefficient (Wildman–Crippen LogP) is 3.28. The van der Waals surface area contributed by atoms with E-state index in [1.165, 1.54) is 6.26 Å². The molecule has 9 heteroatoms. The van der Waals surface area contributed by atoms with E-state index in [-0.39, 0.29) is 18.5 Å². The number of carbonyl (C=O) groups is 1. The van der Waals surface area contributed by atoms with E-state index in [0.29, 0.717) is 21.4 Å². The van der Waals surface area contributed by atoms with Crippen molar-refractivity contribution in [2.24, 2.45) is 0 Å². The van der Waals surface area contributed by atoms with Gasteiger partial charge in [-0.15, -0.1) is 5.10 Å². The molecule has 130 valence electrons. The van der Waals surface area contributed by atoms with E-state index in [2.05, 4.69) is 10.4 Å². The molecule has 2 heterocycles. The number of benzene rings is 1. The Balaban J connectivity index is 1.69. The van der Waals surface area contributed by atoms with Crippen LogP contribution in [0.25, 0.3) is 11.7 Å². The van der Waals surface area contributed by atoms with Crippen molar-refractivity contribution in [3.63, 3.8) is 0 Å². The number of hydrogen-bond acceptors (Lipinski definition) is 5. The van der Waals surface area contributed by atoms with Crippen molar-refractivity contribution in [3.8, 4) is 11.7 Å². The van der Waals surface area contributed by atoms with Gasteiger partial charge in [0.1, 0.15) is 6.54 Å². The lowest BCUT2D eigenvalue weighted by molar-refractivity contribution is -0.122. The van der Waals surface area contributed by atoms with Gasteiger partial charge in [0.25, 0.3) is 5.89 Å². The monoisotopic (exact) mass is 381 g/mol. The second-order valence-electron chi connectivity index (χ2n) is 5.26. The lowest BCUT2D eigenvalue weighted by Gasteiger charge is -2.15. The van der Waals surface area contributed by atoms with Gasteiger partial charge >= 0.3 is 5.76 Å². The third-order valence-corrected chi connectivity index (χ3v) is 4.00. The number of furan rings is 1. The molecule has 0 spiro atoms. The van der Waals surface area contributed by atoms with Crippen molar-refractivity contribution in [1.29, 1.82) is 0 Å². The summed E-state index contributed by atoms with van der Waals surface area (Å²) in [5.41, 5.74) is 0.711. The Morgan fingerprint density at radius 1 is 1.36 bits per heavy atom. The first-order valence-electron chi connectivity index (χ1n) is 7.30. The van der Waals surface area contributed by atoms with E-state index in [1.807, 2.05) is 0 Å². The number of hydrogen-bond donors (Lipinski definition) is 1. The maximum atomic E-state index is 12.2. The molecule has 1 amide bonds. The van der Waals surface area contributed by atoms with Crippen molar-refractivity contribution in [2.75, 3.05) is 0 Å². The van der Waals surface area contributed by atoms with Crippen LogP contribution in [-0.4, -0.2) is 15.7 Å². The third-order valence-electron chi connectivity index (χ3n) is 3.44. The van der Waals surface area contributed by atoms with E-state index >= 15 is 0 Å². The molecule has 0 aliphatic heterocycles. The van der Waals surface area contributed by atoms with Crippen LogP contribution in [-0.2, 0) is 11.3 Å². The second-order valence-corrected chi connectivity index (χ2v) is 6.11. The number of nitrogens with one attached hydrogen (secondary N) is 1. The fourth-order valence-corrected chi connectivity index (χ4v) is 2.83. The Morgan fingerprint density at radius 3 is 2.84 bits per heavy atom. The fourth-order valence-electron chi connectivity index (χ4n) is 2.26. The molecule has 3 rings (SSSR count). The minimum atomic E-state index is -0.751. The van der Waals surface area contributed by atoms with E-state index in [0.717, 1.165) is 4.68 Å². The molecule has 0 saturated carbocycles. The molecule has 0 bridgehead atoms. The number of carbonyl (C=O) groups excluding carboxylic acids is 1. The Hall–Kier alpha value is -2.51. The normalized spacial score (nSPS) is 12.1. The molecule has 0 radical (unpaired) electrons. The lowest BCUT2D eigenvalue weighted by atomic mass is 10.1. The number of rotatable bonds is 5. The Bertz CT molecular complexity index is 947. The topological polar surface area (TPSA) is 90.3 Å². The number of aromatic nitrogens is 2. The summed E-state index contributed by atoms with van der Waals surface area (Å²) in [4.78, 5) is 24.0. The lowest BCUT2D eigenvalue weighted by Crippen LogP contribution is -2.33. The van der Waals surface area contributed by atoms with Crippen LogP contribution < -0.4 is 11.1 Å². The molecule has 0 aliphatic carbocycles. The van der Waals surface area contributed by atoms with E-state index in [4.69, 9.17) is 32.0 Å². The van der Waals surface area contributed by atoms with Crippen molar-refractivity contribution >= 4 is 29.1 Å². The fraction of sp³-hybridized carbons (Fsp3) is 0.188. The van der Waals surface area contributed by atoms with Crippen LogP contribution in [0.1, 0.15) is 18.5 Å². The highest BCUT2D eigenvalue weighted by Gasteiger charge is 2.17. The summed E-state index contributed by atoms with van der Waals surface area (Å²) in [6.45, 7) is 1.48. The number of amides is 1. The molecule has 1 aromatic carbocycles. The first-order chi connectivity index (χ1) is 11.9. The summed E-state index contributed by atoms with van der Waals surface area (Å²) in [6, 6.07) is 7.87. The van der Waals surface area contributed by atoms with Gasteiger partial charge in [0.05, 0.1) is 12.3 Å². The molecule has 0 aliphatic rings. The van der Waals surface area contributed by atoms with E-state index in [9.17, 15) is 9.59 Å². The Kier molecular flexibility index (Phi) is 4.96. The summed E-state index contributed by atoms with van der Waals surface area (Å²) in [5.74, 6) is -0.854. The van der Waals surface area contributed by atoms with E-state index < -0.39 is 11.7 Å². The average molecular weight is 382 g/mol. The van der Waals surface area contributed by atoms with Crippen LogP contribution in [0.4, 0.5) is 0 Å². The smallest absolute Gasteiger partial charge is 0.437 e. The Morgan fingerprint density at radius 2 is 2.16 bits per heavy atom. The highest BCUT2D eigenvalue weighted by molar-refractivity contribution is 6.35. The van der Waals surface area contributed by atoms with Crippen LogP contribution in [0, 0.1) is 0 Å². The van der Waals surface area contributed by atoms with Crippen molar-refractivity contribution in [3.05, 3.63) is 62.8 Å². The quantitative estimate of drug-likeness (QED) is 0.732. The standard InChI is InChI=1S/C16H13Cl2N3O4/c1-9(11-5-4-10(17)7-12(11)18)19-14(22)8-21-16(23)25-15(20-21)13-3-2-6-24-13/h2-7,9H,8H2,1H3,(H,19,22)/t9-/m1/s1. The first-order valence-corrected chi connectivity index (χ1v) is 8.06. The summed E-state index contributed by atoms with van der Waals surface area (Å²) in [6.07, 6.45) is 1.43. The highest BCUT2D eigenvalue weighted by Crippen LogP contribution is 2.26. The molecular formula is C16H13Cl2N3O4. The van der Waals surface area contributed by atoms with Crippen LogP contribution >= 0.6 is 23.2 Å². The van der Waals surface area contributed by atoms with Crippen molar-refractivity contribution < 1.29 is 13.6 Å². The van der Waals surface area contributed by atoms with Gasteiger partial charge in [-0.2, -0.15) is 4.68 Å². The molecule has 0 unspecified atom stereocenters. The molecule has 1 atom stereocenters. The molecule has 1 N–H and O–H groups in total. The van der Waals surface area contributed by atoms with Gasteiger partial charge in [-0.3, -0.25) is 4.79 Å². The predicted molar refractivity (Wildman–Crippen MR) is 91.5 cm³/mol. The van der Waals surface area contributed by atoms with Gasteiger partial charge in [0, 0.05) is 10.0 Å². The summed E-state index contributed by atoms with van der Waals surface area (Å²) in [5, 5.41) is 7.64. The van der Waals surface area contributed by atoms with Crippen LogP contribution in [0.15, 0.2) is 50.2 Å². The summed E-state index contributed by atoms with van der Waals surface area (Å²) in [7, 11) is 0. The van der Waals surface area contributed by atoms with Gasteiger partial charge < -0.3 is 14.2 Å². The van der Waals surface area contributed by atoms with E-state index in [1.54, 1.807) is 37.3 Å². The van der Waals surface area contributed by atoms with Crippen LogP contribution in [0.3, 0.4) is 0 Å². The minimum Gasteiger partial charge on any atom is -0.459 e. The average Bonchev–Trinajstić information content (AvgIpc) is 3.17. The third kappa shape index (κ3) is 3.94. The molecular weight excluding hydrogens is 369 g/mol. The van der Waals surface area contributed by atoms with Crippen LogP contribution in [0.2, 0.25) is 10.0 Å². The largest absolute Gasteiger partial charge is 0.459 e. The second kappa shape index (κ2) is 7.16. The number of halogens is 2. The molecule has 3 aromatic rings. The SMILES string of the molecule is C[C@@H](NC(=O)Cn1nc(-c2ccco2)oc1=O)c1ccc(Cl)cc1Cl. The summed E-state index contributed by atoms with van der Waals surface area (Å²) < 4.78 is 11.0. The zero-order valence-electron chi connectivity index (χ0n) is 13.0. The molecule has 25 heavy (non-hydrogen) atoms. The maximum Gasteiger partial charge on any atom is 0.437 e. The van der Waals surface area contributed by atoms with Gasteiger partial charge in [0.15, 0.2) is 5.76 Å². The molecule has 7 nitrogen and oxygen atoms in total. The zero-order chi connectivity index (χ0) is 18.0. The minimum absolute atomic E-state index is 0.0107. The number of nitrogens with zero attached hydrogens (tertiary/aromatic N) is 2. The Labute approximate surface area is 152 Å². The van der Waals surface area contributed by atoms with Gasteiger partial charge in [-0.1, -0.05) is 29.3 Å². The van der Waals surface area contributed by atoms with Gasteiger partial charge in [0.2, 0.25) is 5.91 Å². The molecule has 0 fully saturated rings. The van der Waals surface area contributed by atoms with Crippen molar-refractivity contribution in [2.45, 2.75) is 19.5 Å². The zero-order valence-corrected chi connectivity index (χ0v) is 14.5. The molecule has 0 saturated heterocycles. The highest BCUT2D eigenvalue weighted by atomic mass is 35.5. The summed E-state index contributed by atoms with van der Waals surface area (Å²) >= 11 is 12.0. The van der Waals surface area contributed by atoms with Gasteiger partial charge in [-0.25, -0.2) is 4.79 Å². The van der Waals surface area contributed by atoms with Gasteiger partial charge in [-0.05, 0) is 36.8 Å². The maximum absolute atomic E-state index is 12.2. The van der Waals surface area contributed by atoms with Crippen LogP contribution in [0.5, 0.6) is 0 Å². The molecule has 2 aromatic heterocycles.